The van der Waals surface area contributed by atoms with E-state index in [0.29, 0.717) is 6.04 Å². The van der Waals surface area contributed by atoms with Gasteiger partial charge in [-0.3, -0.25) is 0 Å². The molecule has 18 heavy (non-hydrogen) atoms. The molecule has 2 unspecified atom stereocenters. The Morgan fingerprint density at radius 3 is 2.94 bits per heavy atom. The molecule has 0 saturated heterocycles. The van der Waals surface area contributed by atoms with Crippen LogP contribution in [0.2, 0.25) is 0 Å². The van der Waals surface area contributed by atoms with Crippen LogP contribution in [-0.2, 0) is 0 Å². The third-order valence-electron chi connectivity index (χ3n) is 4.11. The van der Waals surface area contributed by atoms with Gasteiger partial charge in [0.05, 0.1) is 0 Å². The van der Waals surface area contributed by atoms with Gasteiger partial charge in [0.1, 0.15) is 0 Å². The molecule has 2 rings (SSSR count). The highest BCUT2D eigenvalue weighted by Gasteiger charge is 2.19. The van der Waals surface area contributed by atoms with Gasteiger partial charge in [-0.2, -0.15) is 0 Å². The lowest BCUT2D eigenvalue weighted by Crippen LogP contribution is -2.28. The quantitative estimate of drug-likeness (QED) is 0.832. The van der Waals surface area contributed by atoms with Crippen molar-refractivity contribution in [2.24, 2.45) is 11.8 Å². The van der Waals surface area contributed by atoms with E-state index in [1.807, 2.05) is 0 Å². The second kappa shape index (κ2) is 6.72. The Morgan fingerprint density at radius 2 is 2.22 bits per heavy atom. The fourth-order valence-electron chi connectivity index (χ4n) is 2.98. The highest BCUT2D eigenvalue weighted by molar-refractivity contribution is 9.10. The van der Waals surface area contributed by atoms with Crippen molar-refractivity contribution in [2.75, 3.05) is 6.54 Å². The predicted octanol–water partition coefficient (Wildman–Crippen LogP) is 4.93. The van der Waals surface area contributed by atoms with Crippen molar-refractivity contribution < 1.29 is 0 Å². The molecule has 0 spiro atoms. The first kappa shape index (κ1) is 14.1. The van der Waals surface area contributed by atoms with Crippen molar-refractivity contribution in [1.82, 2.24) is 5.32 Å². The number of benzene rings is 1. The predicted molar refractivity (Wildman–Crippen MR) is 81.7 cm³/mol. The summed E-state index contributed by atoms with van der Waals surface area (Å²) in [4.78, 5) is 0. The van der Waals surface area contributed by atoms with Gasteiger partial charge in [0, 0.05) is 10.5 Å². The molecule has 0 heterocycles. The average Bonchev–Trinajstić information content (AvgIpc) is 2.36. The molecule has 100 valence electrons. The molecule has 0 radical (unpaired) electrons. The normalized spacial score (nSPS) is 25.9. The second-order valence-corrected chi connectivity index (χ2v) is 6.74. The van der Waals surface area contributed by atoms with Gasteiger partial charge < -0.3 is 5.32 Å². The van der Waals surface area contributed by atoms with Gasteiger partial charge >= 0.3 is 0 Å². The van der Waals surface area contributed by atoms with Crippen molar-refractivity contribution in [1.29, 1.82) is 0 Å². The molecule has 1 N–H and O–H groups in total. The number of halogens is 1. The minimum atomic E-state index is 0.444. The fourth-order valence-corrected chi connectivity index (χ4v) is 3.40. The van der Waals surface area contributed by atoms with Crippen LogP contribution in [0.3, 0.4) is 0 Å². The maximum Gasteiger partial charge on any atom is 0.0292 e. The summed E-state index contributed by atoms with van der Waals surface area (Å²) in [6, 6.07) is 9.05. The van der Waals surface area contributed by atoms with Gasteiger partial charge in [0.25, 0.3) is 0 Å². The summed E-state index contributed by atoms with van der Waals surface area (Å²) >= 11 is 3.54. The molecule has 1 fully saturated rings. The van der Waals surface area contributed by atoms with Crippen LogP contribution in [0.5, 0.6) is 0 Å². The first-order valence-corrected chi connectivity index (χ1v) is 7.93. The van der Waals surface area contributed by atoms with Gasteiger partial charge in [-0.15, -0.1) is 0 Å². The highest BCUT2D eigenvalue weighted by atomic mass is 79.9. The van der Waals surface area contributed by atoms with Gasteiger partial charge in [0.2, 0.25) is 0 Å². The number of nitrogens with one attached hydrogen (secondary N) is 1. The molecule has 1 aromatic carbocycles. The standard InChI is InChI=1S/C16H24BrN/c1-12-5-3-6-14(9-12)11-18-13(2)15-7-4-8-16(17)10-15/h4,7-8,10,12-14,18H,3,5-6,9,11H2,1-2H3/t12?,13-,14?/m0/s1. The molecule has 0 aliphatic heterocycles. The summed E-state index contributed by atoms with van der Waals surface area (Å²) in [7, 11) is 0. The van der Waals surface area contributed by atoms with Crippen LogP contribution in [0.25, 0.3) is 0 Å². The van der Waals surface area contributed by atoms with Crippen LogP contribution in [0.15, 0.2) is 28.7 Å². The zero-order valence-electron chi connectivity index (χ0n) is 11.5. The van der Waals surface area contributed by atoms with E-state index in [9.17, 15) is 0 Å². The van der Waals surface area contributed by atoms with E-state index in [1.165, 1.54) is 35.7 Å². The number of hydrogen-bond donors (Lipinski definition) is 1. The Hall–Kier alpha value is -0.340. The van der Waals surface area contributed by atoms with Crippen molar-refractivity contribution in [3.8, 4) is 0 Å². The van der Waals surface area contributed by atoms with E-state index in [2.05, 4.69) is 59.4 Å². The van der Waals surface area contributed by atoms with Gasteiger partial charge in [0.15, 0.2) is 0 Å². The lowest BCUT2D eigenvalue weighted by Gasteiger charge is -2.28. The van der Waals surface area contributed by atoms with Crippen molar-refractivity contribution in [3.05, 3.63) is 34.3 Å². The van der Waals surface area contributed by atoms with E-state index in [0.717, 1.165) is 18.4 Å². The molecule has 1 aliphatic carbocycles. The van der Waals surface area contributed by atoms with Crippen LogP contribution in [0.4, 0.5) is 0 Å². The van der Waals surface area contributed by atoms with Gasteiger partial charge in [-0.1, -0.05) is 47.8 Å². The molecule has 0 bridgehead atoms. The summed E-state index contributed by atoms with van der Waals surface area (Å²) in [6.45, 7) is 5.82. The van der Waals surface area contributed by atoms with E-state index in [1.54, 1.807) is 0 Å². The summed E-state index contributed by atoms with van der Waals surface area (Å²) < 4.78 is 1.17. The Labute approximate surface area is 119 Å². The average molecular weight is 310 g/mol. The summed E-state index contributed by atoms with van der Waals surface area (Å²) in [6.07, 6.45) is 5.65. The third kappa shape index (κ3) is 4.10. The maximum absolute atomic E-state index is 3.70. The zero-order chi connectivity index (χ0) is 13.0. The van der Waals surface area contributed by atoms with Crippen LogP contribution in [-0.4, -0.2) is 6.54 Å². The molecular formula is C16H24BrN. The van der Waals surface area contributed by atoms with E-state index < -0.39 is 0 Å². The van der Waals surface area contributed by atoms with Crippen molar-refractivity contribution >= 4 is 15.9 Å². The Bertz CT molecular complexity index is 377. The van der Waals surface area contributed by atoms with Gasteiger partial charge in [-0.05, 0) is 55.8 Å². The van der Waals surface area contributed by atoms with Crippen molar-refractivity contribution in [2.45, 2.75) is 45.6 Å². The van der Waals surface area contributed by atoms with E-state index >= 15 is 0 Å². The second-order valence-electron chi connectivity index (χ2n) is 5.82. The number of hydrogen-bond acceptors (Lipinski definition) is 1. The Kier molecular flexibility index (Phi) is 5.25. The summed E-state index contributed by atoms with van der Waals surface area (Å²) in [5.74, 6) is 1.80. The van der Waals surface area contributed by atoms with Crippen LogP contribution in [0, 0.1) is 11.8 Å². The lowest BCUT2D eigenvalue weighted by molar-refractivity contribution is 0.268. The molecule has 2 heteroatoms. The van der Waals surface area contributed by atoms with Crippen LogP contribution >= 0.6 is 15.9 Å². The molecule has 1 aliphatic rings. The minimum absolute atomic E-state index is 0.444. The Balaban J connectivity index is 1.82. The van der Waals surface area contributed by atoms with Crippen LogP contribution in [0.1, 0.15) is 51.1 Å². The monoisotopic (exact) mass is 309 g/mol. The summed E-state index contributed by atoms with van der Waals surface area (Å²) in [5.41, 5.74) is 1.37. The van der Waals surface area contributed by atoms with E-state index in [-0.39, 0.29) is 0 Å². The molecule has 3 atom stereocenters. The lowest BCUT2D eigenvalue weighted by atomic mass is 9.82. The van der Waals surface area contributed by atoms with Gasteiger partial charge in [-0.25, -0.2) is 0 Å². The smallest absolute Gasteiger partial charge is 0.0292 e. The molecule has 0 aromatic heterocycles. The number of rotatable bonds is 4. The van der Waals surface area contributed by atoms with Crippen LogP contribution < -0.4 is 5.32 Å². The Morgan fingerprint density at radius 1 is 1.39 bits per heavy atom. The zero-order valence-corrected chi connectivity index (χ0v) is 13.0. The van der Waals surface area contributed by atoms with E-state index in [4.69, 9.17) is 0 Å². The maximum atomic E-state index is 3.70. The largest absolute Gasteiger partial charge is 0.310 e. The summed E-state index contributed by atoms with van der Waals surface area (Å²) in [5, 5.41) is 3.70. The molecule has 1 nitrogen and oxygen atoms in total. The highest BCUT2D eigenvalue weighted by Crippen LogP contribution is 2.28. The molecule has 1 saturated carbocycles. The first-order chi connectivity index (χ1) is 8.65. The third-order valence-corrected chi connectivity index (χ3v) is 4.60. The topological polar surface area (TPSA) is 12.0 Å². The first-order valence-electron chi connectivity index (χ1n) is 7.14. The molecular weight excluding hydrogens is 286 g/mol. The minimum Gasteiger partial charge on any atom is -0.310 e. The molecule has 1 aromatic rings. The molecule has 0 amide bonds. The SMILES string of the molecule is CC1CCCC(CN[C@@H](C)c2cccc(Br)c2)C1. The fraction of sp³-hybridized carbons (Fsp3) is 0.625. The van der Waals surface area contributed by atoms with Crippen molar-refractivity contribution in [3.63, 3.8) is 0 Å².